The minimum Gasteiger partial charge on any atom is -0.385 e. The third-order valence-electron chi connectivity index (χ3n) is 3.17. The minimum absolute atomic E-state index is 0.123. The van der Waals surface area contributed by atoms with Crippen LogP contribution >= 0.6 is 0 Å². The first kappa shape index (κ1) is 10.4. The van der Waals surface area contributed by atoms with Crippen molar-refractivity contribution in [1.82, 2.24) is 0 Å². The van der Waals surface area contributed by atoms with Crippen LogP contribution in [0.15, 0.2) is 30.3 Å². The topological polar surface area (TPSA) is 37.3 Å². The molecule has 1 aliphatic carbocycles. The average molecular weight is 204 g/mol. The highest BCUT2D eigenvalue weighted by atomic mass is 16.3. The molecule has 1 aromatic rings. The van der Waals surface area contributed by atoms with Crippen LogP contribution in [-0.2, 0) is 0 Å². The summed E-state index contributed by atoms with van der Waals surface area (Å²) in [7, 11) is 0. The van der Waals surface area contributed by atoms with Gasteiger partial charge < -0.3 is 5.11 Å². The van der Waals surface area contributed by atoms with Crippen molar-refractivity contribution < 1.29 is 9.90 Å². The van der Waals surface area contributed by atoms with Crippen molar-refractivity contribution in [2.24, 2.45) is 5.92 Å². The van der Waals surface area contributed by atoms with Crippen LogP contribution in [0.5, 0.6) is 0 Å². The molecule has 0 radical (unpaired) electrons. The van der Waals surface area contributed by atoms with Gasteiger partial charge in [-0.1, -0.05) is 43.2 Å². The second-order valence-corrected chi connectivity index (χ2v) is 4.22. The van der Waals surface area contributed by atoms with E-state index in [-0.39, 0.29) is 11.7 Å². The molecule has 0 aliphatic heterocycles. The maximum Gasteiger partial charge on any atom is 0.191 e. The monoisotopic (exact) mass is 204 g/mol. The Labute approximate surface area is 89.9 Å². The Morgan fingerprint density at radius 2 is 1.80 bits per heavy atom. The Kier molecular flexibility index (Phi) is 3.17. The van der Waals surface area contributed by atoms with Gasteiger partial charge in [-0.2, -0.15) is 0 Å². The molecule has 0 bridgehead atoms. The van der Waals surface area contributed by atoms with Gasteiger partial charge in [-0.3, -0.25) is 4.79 Å². The molecule has 1 unspecified atom stereocenters. The molecule has 1 N–H and O–H groups in total. The van der Waals surface area contributed by atoms with E-state index in [0.29, 0.717) is 5.56 Å². The lowest BCUT2D eigenvalue weighted by Gasteiger charge is -2.16. The fourth-order valence-corrected chi connectivity index (χ4v) is 2.26. The number of ketones is 1. The number of rotatable bonds is 3. The van der Waals surface area contributed by atoms with E-state index in [4.69, 9.17) is 0 Å². The summed E-state index contributed by atoms with van der Waals surface area (Å²) in [4.78, 5) is 11.9. The molecule has 0 heterocycles. The molecule has 2 rings (SSSR count). The van der Waals surface area contributed by atoms with Crippen LogP contribution in [0.2, 0.25) is 0 Å². The predicted molar refractivity (Wildman–Crippen MR) is 58.7 cm³/mol. The summed E-state index contributed by atoms with van der Waals surface area (Å²) in [6.07, 6.45) is 3.46. The fraction of sp³-hybridized carbons (Fsp3) is 0.462. The van der Waals surface area contributed by atoms with Gasteiger partial charge in [0.05, 0.1) is 0 Å². The molecule has 1 aromatic carbocycles. The van der Waals surface area contributed by atoms with Gasteiger partial charge in [-0.25, -0.2) is 0 Å². The zero-order valence-electron chi connectivity index (χ0n) is 8.73. The van der Waals surface area contributed by atoms with Crippen LogP contribution in [0.3, 0.4) is 0 Å². The van der Waals surface area contributed by atoms with Crippen LogP contribution in [0.25, 0.3) is 0 Å². The van der Waals surface area contributed by atoms with E-state index in [1.165, 1.54) is 0 Å². The normalized spacial score (nSPS) is 19.0. The van der Waals surface area contributed by atoms with Crippen molar-refractivity contribution in [3.05, 3.63) is 35.9 Å². The number of aliphatic hydroxyl groups excluding tert-OH is 1. The molecule has 1 aliphatic rings. The molecule has 0 spiro atoms. The highest BCUT2D eigenvalue weighted by Gasteiger charge is 2.28. The quantitative estimate of drug-likeness (QED) is 0.768. The molecular formula is C13H16O2. The fourth-order valence-electron chi connectivity index (χ4n) is 2.26. The van der Waals surface area contributed by atoms with Gasteiger partial charge in [0.25, 0.3) is 0 Å². The van der Waals surface area contributed by atoms with E-state index in [0.717, 1.165) is 25.7 Å². The molecular weight excluding hydrogens is 188 g/mol. The van der Waals surface area contributed by atoms with Crippen LogP contribution in [0, 0.1) is 5.92 Å². The molecule has 1 saturated carbocycles. The summed E-state index contributed by atoms with van der Waals surface area (Å²) in [5.41, 5.74) is 0.622. The largest absolute Gasteiger partial charge is 0.385 e. The number of aliphatic hydroxyl groups is 1. The lowest BCUT2D eigenvalue weighted by Crippen LogP contribution is -2.27. The summed E-state index contributed by atoms with van der Waals surface area (Å²) in [6.45, 7) is 0. The molecule has 0 amide bonds. The van der Waals surface area contributed by atoms with Crippen molar-refractivity contribution in [2.75, 3.05) is 0 Å². The van der Waals surface area contributed by atoms with E-state index in [2.05, 4.69) is 0 Å². The molecule has 15 heavy (non-hydrogen) atoms. The van der Waals surface area contributed by atoms with Crippen molar-refractivity contribution in [3.63, 3.8) is 0 Å². The summed E-state index contributed by atoms with van der Waals surface area (Å²) in [5, 5.41) is 9.92. The number of hydrogen-bond donors (Lipinski definition) is 1. The van der Waals surface area contributed by atoms with Gasteiger partial charge in [-0.15, -0.1) is 0 Å². The Morgan fingerprint density at radius 1 is 1.20 bits per heavy atom. The van der Waals surface area contributed by atoms with Gasteiger partial charge in [-0.05, 0) is 18.8 Å². The van der Waals surface area contributed by atoms with Crippen molar-refractivity contribution in [3.8, 4) is 0 Å². The van der Waals surface area contributed by atoms with E-state index >= 15 is 0 Å². The molecule has 0 aromatic heterocycles. The summed E-state index contributed by atoms with van der Waals surface area (Å²) in [5.74, 6) is 0.0557. The first-order valence-electron chi connectivity index (χ1n) is 5.56. The number of carbonyl (C=O) groups is 1. The third kappa shape index (κ3) is 2.26. The Balaban J connectivity index is 2.07. The Morgan fingerprint density at radius 3 is 2.40 bits per heavy atom. The first-order valence-corrected chi connectivity index (χ1v) is 5.56. The lowest BCUT2D eigenvalue weighted by atomic mass is 9.94. The van der Waals surface area contributed by atoms with Gasteiger partial charge in [0.2, 0.25) is 0 Å². The summed E-state index contributed by atoms with van der Waals surface area (Å²) < 4.78 is 0. The van der Waals surface area contributed by atoms with Crippen LogP contribution in [-0.4, -0.2) is 17.0 Å². The second kappa shape index (κ2) is 4.58. The van der Waals surface area contributed by atoms with Gasteiger partial charge in [0, 0.05) is 5.56 Å². The summed E-state index contributed by atoms with van der Waals surface area (Å²) >= 11 is 0. The van der Waals surface area contributed by atoms with Crippen molar-refractivity contribution >= 4 is 5.78 Å². The first-order chi connectivity index (χ1) is 7.29. The molecule has 0 saturated heterocycles. The minimum atomic E-state index is -0.796. The Hall–Kier alpha value is -1.15. The zero-order chi connectivity index (χ0) is 10.7. The number of carbonyl (C=O) groups excluding carboxylic acids is 1. The number of hydrogen-bond acceptors (Lipinski definition) is 2. The van der Waals surface area contributed by atoms with Crippen LogP contribution in [0.1, 0.15) is 36.0 Å². The predicted octanol–water partition coefficient (Wildman–Crippen LogP) is 2.42. The zero-order valence-corrected chi connectivity index (χ0v) is 8.73. The molecule has 1 atom stereocenters. The standard InChI is InChI=1S/C13H16O2/c14-12(10-6-2-1-3-7-10)13(15)11-8-4-5-9-11/h1-3,6-7,11,13,15H,4-5,8-9H2. The molecule has 1 fully saturated rings. The number of benzene rings is 1. The van der Waals surface area contributed by atoms with Gasteiger partial charge in [0.15, 0.2) is 5.78 Å². The van der Waals surface area contributed by atoms with E-state index in [1.807, 2.05) is 18.2 Å². The van der Waals surface area contributed by atoms with Gasteiger partial charge >= 0.3 is 0 Å². The van der Waals surface area contributed by atoms with E-state index in [1.54, 1.807) is 12.1 Å². The van der Waals surface area contributed by atoms with Crippen molar-refractivity contribution in [1.29, 1.82) is 0 Å². The third-order valence-corrected chi connectivity index (χ3v) is 3.17. The summed E-state index contributed by atoms with van der Waals surface area (Å²) in [6, 6.07) is 9.06. The van der Waals surface area contributed by atoms with Crippen molar-refractivity contribution in [2.45, 2.75) is 31.8 Å². The second-order valence-electron chi connectivity index (χ2n) is 4.22. The SMILES string of the molecule is O=C(c1ccccc1)C(O)C1CCCC1. The molecule has 80 valence electrons. The maximum atomic E-state index is 11.9. The highest BCUT2D eigenvalue weighted by Crippen LogP contribution is 2.29. The number of Topliss-reactive ketones (excluding diaryl/α,β-unsaturated/α-hetero) is 1. The van der Waals surface area contributed by atoms with E-state index < -0.39 is 6.10 Å². The highest BCUT2D eigenvalue weighted by molar-refractivity contribution is 5.99. The maximum absolute atomic E-state index is 11.9. The van der Waals surface area contributed by atoms with Crippen LogP contribution in [0.4, 0.5) is 0 Å². The van der Waals surface area contributed by atoms with Crippen LogP contribution < -0.4 is 0 Å². The smallest absolute Gasteiger partial charge is 0.191 e. The average Bonchev–Trinajstić information content (AvgIpc) is 2.82. The van der Waals surface area contributed by atoms with E-state index in [9.17, 15) is 9.90 Å². The molecule has 2 heteroatoms. The Bertz CT molecular complexity index is 326. The lowest BCUT2D eigenvalue weighted by molar-refractivity contribution is 0.0610. The van der Waals surface area contributed by atoms with Gasteiger partial charge in [0.1, 0.15) is 6.10 Å². The molecule has 2 nitrogen and oxygen atoms in total.